The van der Waals surface area contributed by atoms with E-state index < -0.39 is 18.0 Å². The van der Waals surface area contributed by atoms with E-state index in [0.29, 0.717) is 32.4 Å². The van der Waals surface area contributed by atoms with Gasteiger partial charge in [-0.3, -0.25) is 0 Å². The zero-order valence-electron chi connectivity index (χ0n) is 13.9. The fourth-order valence-electron chi connectivity index (χ4n) is 2.77. The molecule has 0 saturated carbocycles. The molecule has 0 aromatic heterocycles. The quantitative estimate of drug-likeness (QED) is 0.763. The second-order valence-corrected chi connectivity index (χ2v) is 6.39. The molecule has 7 heteroatoms. The molecular formula is C19H16Cl2N2O3. The summed E-state index contributed by atoms with van der Waals surface area (Å²) in [5.41, 5.74) is 2.04. The van der Waals surface area contributed by atoms with Crippen LogP contribution in [0.3, 0.4) is 0 Å². The molecule has 2 aromatic rings. The normalized spacial score (nSPS) is 16.7. The van der Waals surface area contributed by atoms with Gasteiger partial charge < -0.3 is 15.4 Å². The van der Waals surface area contributed by atoms with Crippen molar-refractivity contribution < 1.29 is 14.3 Å². The van der Waals surface area contributed by atoms with Gasteiger partial charge in [-0.25, -0.2) is 9.59 Å². The maximum absolute atomic E-state index is 12.7. The molecule has 0 aliphatic carbocycles. The maximum atomic E-state index is 12.7. The average Bonchev–Trinajstić information content (AvgIpc) is 2.64. The molecule has 3 rings (SSSR count). The Labute approximate surface area is 160 Å². The molecule has 2 amide bonds. The Balaban J connectivity index is 2.18. The highest BCUT2D eigenvalue weighted by Crippen LogP contribution is 2.34. The summed E-state index contributed by atoms with van der Waals surface area (Å²) in [7, 11) is 0. The highest BCUT2D eigenvalue weighted by molar-refractivity contribution is 6.42. The topological polar surface area (TPSA) is 67.4 Å². The third-order valence-corrected chi connectivity index (χ3v) is 4.65. The summed E-state index contributed by atoms with van der Waals surface area (Å²) in [6.07, 6.45) is 0. The van der Waals surface area contributed by atoms with Crippen LogP contribution in [-0.2, 0) is 9.53 Å². The number of amides is 2. The lowest BCUT2D eigenvalue weighted by Gasteiger charge is -2.29. The minimum absolute atomic E-state index is 0.215. The van der Waals surface area contributed by atoms with E-state index in [4.69, 9.17) is 27.9 Å². The minimum atomic E-state index is -0.715. The second kappa shape index (κ2) is 7.81. The molecule has 2 N–H and O–H groups in total. The van der Waals surface area contributed by atoms with Crippen molar-refractivity contribution in [2.45, 2.75) is 13.0 Å². The van der Waals surface area contributed by atoms with E-state index >= 15 is 0 Å². The van der Waals surface area contributed by atoms with E-state index in [1.165, 1.54) is 0 Å². The van der Waals surface area contributed by atoms with Gasteiger partial charge in [0.15, 0.2) is 0 Å². The van der Waals surface area contributed by atoms with E-state index in [-0.39, 0.29) is 6.61 Å². The van der Waals surface area contributed by atoms with Gasteiger partial charge in [0, 0.05) is 0 Å². The van der Waals surface area contributed by atoms with Crippen molar-refractivity contribution in [2.75, 3.05) is 6.61 Å². The molecular weight excluding hydrogens is 375 g/mol. The number of halogens is 2. The van der Waals surface area contributed by atoms with E-state index in [1.54, 1.807) is 25.1 Å². The van der Waals surface area contributed by atoms with Crippen LogP contribution in [-0.4, -0.2) is 18.6 Å². The molecule has 26 heavy (non-hydrogen) atoms. The Hall–Kier alpha value is -2.50. The third kappa shape index (κ3) is 3.69. The first-order valence-corrected chi connectivity index (χ1v) is 8.76. The molecule has 0 bridgehead atoms. The molecule has 0 saturated heterocycles. The van der Waals surface area contributed by atoms with Gasteiger partial charge in [-0.15, -0.1) is 0 Å². The van der Waals surface area contributed by atoms with Crippen LogP contribution in [0.15, 0.2) is 54.1 Å². The molecule has 0 spiro atoms. The number of carbonyl (C=O) groups excluding carboxylic acids is 2. The van der Waals surface area contributed by atoms with Crippen molar-refractivity contribution in [1.29, 1.82) is 0 Å². The largest absolute Gasteiger partial charge is 0.463 e. The predicted molar refractivity (Wildman–Crippen MR) is 101 cm³/mol. The van der Waals surface area contributed by atoms with Gasteiger partial charge in [0.25, 0.3) is 0 Å². The summed E-state index contributed by atoms with van der Waals surface area (Å²) in [5.74, 6) is -0.519. The van der Waals surface area contributed by atoms with E-state index in [1.807, 2.05) is 30.3 Å². The summed E-state index contributed by atoms with van der Waals surface area (Å²) in [6, 6.07) is 13.0. The first-order chi connectivity index (χ1) is 12.5. The molecule has 0 fully saturated rings. The standard InChI is InChI=1S/C19H16Cl2N2O3/c1-2-26-18(24)15-16(11-6-4-3-5-7-11)22-19(25)23-17(15)12-8-9-13(20)14(21)10-12/h3-10,17H,2H2,1H3,(H2,22,23,25)/t17-/m0/s1. The minimum Gasteiger partial charge on any atom is -0.463 e. The van der Waals surface area contributed by atoms with Crippen molar-refractivity contribution in [2.24, 2.45) is 0 Å². The molecule has 5 nitrogen and oxygen atoms in total. The molecule has 134 valence electrons. The summed E-state index contributed by atoms with van der Waals surface area (Å²) >= 11 is 12.1. The lowest BCUT2D eigenvalue weighted by atomic mass is 9.92. The SMILES string of the molecule is CCOC(=O)C1=C(c2ccccc2)NC(=O)N[C@H]1c1ccc(Cl)c(Cl)c1. The summed E-state index contributed by atoms with van der Waals surface area (Å²) < 4.78 is 5.23. The van der Waals surface area contributed by atoms with E-state index in [9.17, 15) is 9.59 Å². The summed E-state index contributed by atoms with van der Waals surface area (Å²) in [6.45, 7) is 1.94. The number of hydrogen-bond acceptors (Lipinski definition) is 3. The Bertz CT molecular complexity index is 882. The maximum Gasteiger partial charge on any atom is 0.338 e. The number of nitrogens with one attached hydrogen (secondary N) is 2. The van der Waals surface area contributed by atoms with Crippen LogP contribution in [0.2, 0.25) is 10.0 Å². The van der Waals surface area contributed by atoms with Crippen LogP contribution < -0.4 is 10.6 Å². The molecule has 2 aromatic carbocycles. The second-order valence-electron chi connectivity index (χ2n) is 5.58. The fraction of sp³-hybridized carbons (Fsp3) is 0.158. The number of benzene rings is 2. The molecule has 1 aliphatic rings. The van der Waals surface area contributed by atoms with Crippen molar-refractivity contribution in [3.05, 3.63) is 75.3 Å². The zero-order valence-corrected chi connectivity index (χ0v) is 15.4. The average molecular weight is 391 g/mol. The van der Waals surface area contributed by atoms with Gasteiger partial charge in [0.2, 0.25) is 0 Å². The van der Waals surface area contributed by atoms with E-state index in [0.717, 1.165) is 0 Å². The van der Waals surface area contributed by atoms with Gasteiger partial charge in [-0.2, -0.15) is 0 Å². The van der Waals surface area contributed by atoms with Crippen LogP contribution in [0.1, 0.15) is 24.1 Å². The zero-order chi connectivity index (χ0) is 18.7. The van der Waals surface area contributed by atoms with Gasteiger partial charge in [0.1, 0.15) is 0 Å². The number of carbonyl (C=O) groups is 2. The van der Waals surface area contributed by atoms with Crippen molar-refractivity contribution in [1.82, 2.24) is 10.6 Å². The van der Waals surface area contributed by atoms with Crippen LogP contribution in [0.25, 0.3) is 5.70 Å². The molecule has 0 unspecified atom stereocenters. The smallest absolute Gasteiger partial charge is 0.338 e. The molecule has 1 heterocycles. The monoisotopic (exact) mass is 390 g/mol. The van der Waals surface area contributed by atoms with E-state index in [2.05, 4.69) is 10.6 Å². The number of ether oxygens (including phenoxy) is 1. The number of urea groups is 1. The highest BCUT2D eigenvalue weighted by Gasteiger charge is 2.34. The van der Waals surface area contributed by atoms with Crippen LogP contribution in [0.4, 0.5) is 4.79 Å². The first kappa shape index (κ1) is 18.3. The highest BCUT2D eigenvalue weighted by atomic mass is 35.5. The van der Waals surface area contributed by atoms with Gasteiger partial charge in [0.05, 0.1) is 34.0 Å². The van der Waals surface area contributed by atoms with Crippen molar-refractivity contribution in [3.63, 3.8) is 0 Å². The Kier molecular flexibility index (Phi) is 5.49. The van der Waals surface area contributed by atoms with Gasteiger partial charge in [-0.05, 0) is 30.2 Å². The van der Waals surface area contributed by atoms with Crippen LogP contribution >= 0.6 is 23.2 Å². The van der Waals surface area contributed by atoms with Crippen LogP contribution in [0.5, 0.6) is 0 Å². The number of hydrogen-bond donors (Lipinski definition) is 2. The Morgan fingerprint density at radius 1 is 1.12 bits per heavy atom. The van der Waals surface area contributed by atoms with Crippen molar-refractivity contribution in [3.8, 4) is 0 Å². The number of esters is 1. The first-order valence-electron chi connectivity index (χ1n) is 8.00. The molecule has 1 aliphatic heterocycles. The Morgan fingerprint density at radius 2 is 1.85 bits per heavy atom. The molecule has 1 atom stereocenters. The van der Waals surface area contributed by atoms with Crippen LogP contribution in [0, 0.1) is 0 Å². The van der Waals surface area contributed by atoms with Gasteiger partial charge >= 0.3 is 12.0 Å². The lowest BCUT2D eigenvalue weighted by molar-refractivity contribution is -0.138. The van der Waals surface area contributed by atoms with Gasteiger partial charge in [-0.1, -0.05) is 59.6 Å². The summed E-state index contributed by atoms with van der Waals surface area (Å²) in [5, 5.41) is 6.20. The fourth-order valence-corrected chi connectivity index (χ4v) is 3.07. The third-order valence-electron chi connectivity index (χ3n) is 3.91. The lowest BCUT2D eigenvalue weighted by Crippen LogP contribution is -2.45. The Morgan fingerprint density at radius 3 is 2.50 bits per heavy atom. The predicted octanol–water partition coefficient (Wildman–Crippen LogP) is 4.32. The summed E-state index contributed by atoms with van der Waals surface area (Å²) in [4.78, 5) is 24.9. The van der Waals surface area contributed by atoms with Crippen molar-refractivity contribution >= 4 is 40.9 Å². The number of rotatable bonds is 4. The molecule has 0 radical (unpaired) electrons.